The first-order valence-electron chi connectivity index (χ1n) is 9.86. The fourth-order valence-corrected chi connectivity index (χ4v) is 3.10. The molecule has 0 saturated heterocycles. The highest BCUT2D eigenvalue weighted by atomic mass is 31.2. The average Bonchev–Trinajstić information content (AvgIpc) is 2.62. The van der Waals surface area contributed by atoms with E-state index in [1.165, 1.54) is 0 Å². The van der Waals surface area contributed by atoms with Gasteiger partial charge in [0.05, 0.1) is 27.1 Å². The Balaban J connectivity index is 4.86. The van der Waals surface area contributed by atoms with E-state index in [1.807, 2.05) is 35.0 Å². The van der Waals surface area contributed by atoms with Crippen LogP contribution in [0.1, 0.15) is 39.5 Å². The summed E-state index contributed by atoms with van der Waals surface area (Å²) in [6, 6.07) is 0. The molecule has 3 atom stereocenters. The minimum absolute atomic E-state index is 0.00877. The lowest BCUT2D eigenvalue weighted by Crippen LogP contribution is -2.37. The van der Waals surface area contributed by atoms with Gasteiger partial charge in [0.15, 0.2) is 0 Å². The van der Waals surface area contributed by atoms with Crippen LogP contribution in [0.2, 0.25) is 0 Å². The van der Waals surface area contributed by atoms with Gasteiger partial charge in [-0.15, -0.1) is 0 Å². The zero-order valence-corrected chi connectivity index (χ0v) is 19.2. The van der Waals surface area contributed by atoms with Gasteiger partial charge in [-0.05, 0) is 12.8 Å². The molecule has 0 spiro atoms. The number of rotatable bonds is 16. The van der Waals surface area contributed by atoms with E-state index in [0.717, 1.165) is 18.9 Å². The molecule has 0 aromatic heterocycles. The van der Waals surface area contributed by atoms with Gasteiger partial charge in [0.1, 0.15) is 32.5 Å². The van der Waals surface area contributed by atoms with Crippen LogP contribution in [0.25, 0.3) is 0 Å². The number of hydrogen-bond acceptors (Lipinski definition) is 7. The van der Waals surface area contributed by atoms with Crippen LogP contribution in [0.15, 0.2) is 12.7 Å². The molecule has 0 amide bonds. The Morgan fingerprint density at radius 3 is 2.31 bits per heavy atom. The van der Waals surface area contributed by atoms with Crippen LogP contribution >= 0.6 is 7.82 Å². The van der Waals surface area contributed by atoms with Crippen molar-refractivity contribution in [1.29, 1.82) is 0 Å². The van der Waals surface area contributed by atoms with Crippen LogP contribution < -0.4 is 0 Å². The fourth-order valence-electron chi connectivity index (χ4n) is 2.22. The SMILES string of the molecule is C=CC(=O)OCC(COC(=O)C(CC)CCCC)OP(=O)(O)OCC[N+](C)(C)C. The quantitative estimate of drug-likeness (QED) is 0.170. The summed E-state index contributed by atoms with van der Waals surface area (Å²) >= 11 is 0. The van der Waals surface area contributed by atoms with Gasteiger partial charge >= 0.3 is 19.8 Å². The molecule has 0 bridgehead atoms. The molecule has 170 valence electrons. The summed E-state index contributed by atoms with van der Waals surface area (Å²) in [4.78, 5) is 33.5. The number of quaternary nitrogens is 1. The maximum atomic E-state index is 12.3. The predicted molar refractivity (Wildman–Crippen MR) is 109 cm³/mol. The number of phosphoric ester groups is 1. The maximum Gasteiger partial charge on any atom is 0.472 e. The van der Waals surface area contributed by atoms with Gasteiger partial charge in [0.25, 0.3) is 0 Å². The lowest BCUT2D eigenvalue weighted by Gasteiger charge is -2.25. The third-order valence-corrected chi connectivity index (χ3v) is 5.09. The zero-order valence-electron chi connectivity index (χ0n) is 18.3. The number of unbranched alkanes of at least 4 members (excludes halogenated alkanes) is 1. The Hall–Kier alpha value is -1.25. The van der Waals surface area contributed by atoms with Gasteiger partial charge in [-0.25, -0.2) is 9.36 Å². The molecule has 0 aliphatic carbocycles. The largest absolute Gasteiger partial charge is 0.472 e. The van der Waals surface area contributed by atoms with Crippen molar-refractivity contribution in [2.75, 3.05) is 47.5 Å². The minimum atomic E-state index is -4.43. The first-order chi connectivity index (χ1) is 13.4. The first-order valence-corrected chi connectivity index (χ1v) is 11.4. The molecule has 3 unspecified atom stereocenters. The highest BCUT2D eigenvalue weighted by Crippen LogP contribution is 2.44. The second kappa shape index (κ2) is 13.9. The van der Waals surface area contributed by atoms with E-state index in [-0.39, 0.29) is 25.7 Å². The number of carbonyl (C=O) groups is 2. The Morgan fingerprint density at radius 2 is 1.79 bits per heavy atom. The number of nitrogens with zero attached hydrogens (tertiary/aromatic N) is 1. The van der Waals surface area contributed by atoms with Crippen LogP contribution in [-0.4, -0.2) is 74.9 Å². The highest BCUT2D eigenvalue weighted by molar-refractivity contribution is 7.47. The molecule has 0 fully saturated rings. The van der Waals surface area contributed by atoms with Crippen LogP contribution in [0.3, 0.4) is 0 Å². The molecule has 10 heteroatoms. The maximum absolute atomic E-state index is 12.3. The van der Waals surface area contributed by atoms with Gasteiger partial charge in [-0.2, -0.15) is 0 Å². The third kappa shape index (κ3) is 14.4. The fraction of sp³-hybridized carbons (Fsp3) is 0.789. The second-order valence-corrected chi connectivity index (χ2v) is 9.16. The molecule has 0 radical (unpaired) electrons. The van der Waals surface area contributed by atoms with E-state index in [0.29, 0.717) is 23.9 Å². The molecule has 0 rings (SSSR count). The number of hydrogen-bond donors (Lipinski definition) is 1. The molecular weight excluding hydrogens is 401 g/mol. The molecule has 0 heterocycles. The van der Waals surface area contributed by atoms with Gasteiger partial charge < -0.3 is 18.9 Å². The monoisotopic (exact) mass is 438 g/mol. The van der Waals surface area contributed by atoms with Crippen molar-refractivity contribution < 1.29 is 42.1 Å². The summed E-state index contributed by atoms with van der Waals surface area (Å²) in [7, 11) is 1.30. The van der Waals surface area contributed by atoms with Gasteiger partial charge in [-0.1, -0.05) is 33.3 Å². The van der Waals surface area contributed by atoms with E-state index in [1.54, 1.807) is 0 Å². The number of carbonyl (C=O) groups excluding carboxylic acids is 2. The Kier molecular flexibility index (Phi) is 13.3. The smallest absolute Gasteiger partial charge is 0.463 e. The van der Waals surface area contributed by atoms with Crippen LogP contribution in [0, 0.1) is 5.92 Å². The van der Waals surface area contributed by atoms with Crippen molar-refractivity contribution in [3.63, 3.8) is 0 Å². The Bertz CT molecular complexity index is 561. The van der Waals surface area contributed by atoms with Crippen molar-refractivity contribution in [3.8, 4) is 0 Å². The normalized spacial score (nSPS) is 15.8. The topological polar surface area (TPSA) is 108 Å². The molecule has 0 aromatic carbocycles. The van der Waals surface area contributed by atoms with Crippen molar-refractivity contribution in [2.45, 2.75) is 45.6 Å². The first kappa shape index (κ1) is 27.8. The summed E-state index contributed by atoms with van der Waals surface area (Å²) in [6.07, 6.45) is 3.00. The highest BCUT2D eigenvalue weighted by Gasteiger charge is 2.30. The summed E-state index contributed by atoms with van der Waals surface area (Å²) < 4.78 is 32.9. The number of phosphoric acid groups is 1. The van der Waals surface area contributed by atoms with Crippen molar-refractivity contribution in [2.24, 2.45) is 5.92 Å². The third-order valence-electron chi connectivity index (χ3n) is 4.02. The molecule has 0 saturated carbocycles. The van der Waals surface area contributed by atoms with Gasteiger partial charge in [0.2, 0.25) is 0 Å². The summed E-state index contributed by atoms with van der Waals surface area (Å²) in [6.45, 7) is 6.96. The van der Waals surface area contributed by atoms with E-state index in [9.17, 15) is 19.0 Å². The van der Waals surface area contributed by atoms with Crippen molar-refractivity contribution in [3.05, 3.63) is 12.7 Å². The van der Waals surface area contributed by atoms with Crippen molar-refractivity contribution >= 4 is 19.8 Å². The van der Waals surface area contributed by atoms with Gasteiger partial charge in [0, 0.05) is 6.08 Å². The molecule has 0 aliphatic heterocycles. The van der Waals surface area contributed by atoms with E-state index in [4.69, 9.17) is 18.5 Å². The predicted octanol–water partition coefficient (Wildman–Crippen LogP) is 2.68. The van der Waals surface area contributed by atoms with Crippen LogP contribution in [-0.2, 0) is 32.7 Å². The zero-order chi connectivity index (χ0) is 22.5. The lowest BCUT2D eigenvalue weighted by atomic mass is 10.00. The average molecular weight is 438 g/mol. The lowest BCUT2D eigenvalue weighted by molar-refractivity contribution is -0.870. The number of esters is 2. The van der Waals surface area contributed by atoms with E-state index < -0.39 is 25.9 Å². The van der Waals surface area contributed by atoms with E-state index in [2.05, 4.69) is 6.58 Å². The molecule has 1 N–H and O–H groups in total. The molecule has 0 aliphatic rings. The van der Waals surface area contributed by atoms with Crippen molar-refractivity contribution in [1.82, 2.24) is 0 Å². The van der Waals surface area contributed by atoms with Crippen LogP contribution in [0.5, 0.6) is 0 Å². The summed E-state index contributed by atoms with van der Waals surface area (Å²) in [5, 5.41) is 0. The molecule has 29 heavy (non-hydrogen) atoms. The number of likely N-dealkylation sites (N-methyl/N-ethyl adjacent to an activating group) is 1. The summed E-state index contributed by atoms with van der Waals surface area (Å²) in [5.74, 6) is -1.39. The number of ether oxygens (including phenoxy) is 2. The molecular formula is C19H37NO8P+. The Morgan fingerprint density at radius 1 is 1.17 bits per heavy atom. The Labute approximate surface area is 174 Å². The summed E-state index contributed by atoms with van der Waals surface area (Å²) in [5.41, 5.74) is 0. The molecule has 9 nitrogen and oxygen atoms in total. The van der Waals surface area contributed by atoms with Crippen LogP contribution in [0.4, 0.5) is 0 Å². The van der Waals surface area contributed by atoms with E-state index >= 15 is 0 Å². The standard InChI is InChI=1S/C19H36NO8P/c1-7-10-11-16(8-2)19(22)26-15-17(14-25-18(21)9-3)28-29(23,24)27-13-12-20(4,5)6/h9,16-17H,3,7-8,10-15H2,1-2,4-6H3/p+1. The minimum Gasteiger partial charge on any atom is -0.463 e. The second-order valence-electron chi connectivity index (χ2n) is 7.75. The van der Waals surface area contributed by atoms with Gasteiger partial charge in [-0.3, -0.25) is 13.8 Å². The molecule has 0 aromatic rings.